The highest BCUT2D eigenvalue weighted by molar-refractivity contribution is 6.74. The summed E-state index contributed by atoms with van der Waals surface area (Å²) >= 11 is 0. The summed E-state index contributed by atoms with van der Waals surface area (Å²) < 4.78 is 51.7. The molecule has 3 aromatic rings. The smallest absolute Gasteiger partial charge is 0.416 e. The van der Waals surface area contributed by atoms with Crippen molar-refractivity contribution in [1.82, 2.24) is 0 Å². The van der Waals surface area contributed by atoms with Crippen LogP contribution in [-0.2, 0) is 6.18 Å². The first kappa shape index (κ1) is 25.8. The molecule has 3 aromatic carbocycles. The van der Waals surface area contributed by atoms with Gasteiger partial charge in [-0.05, 0) is 65.7 Å². The Bertz CT molecular complexity index is 1290. The monoisotopic (exact) mass is 510 g/mol. The second kappa shape index (κ2) is 9.28. The first-order valence-electron chi connectivity index (χ1n) is 11.7. The minimum absolute atomic E-state index is 0.0184. The van der Waals surface area contributed by atoms with Crippen molar-refractivity contribution in [2.24, 2.45) is 0 Å². The molecule has 0 saturated carbocycles. The SMILES string of the molecule is CC(C)(C)[Si](C)(C)Oc1ccc2c(c1)C(=O)C(=Cc1ccc(C(F)(F)F)cc1)C(c1ccccc1)O2. The average molecular weight is 511 g/mol. The number of fused-ring (bicyclic) bond motifs is 1. The second-order valence-electron chi connectivity index (χ2n) is 10.5. The molecule has 0 N–H and O–H groups in total. The zero-order valence-corrected chi connectivity index (χ0v) is 21.9. The van der Waals surface area contributed by atoms with Gasteiger partial charge in [0.05, 0.1) is 11.1 Å². The molecule has 0 spiro atoms. The zero-order valence-electron chi connectivity index (χ0n) is 20.9. The number of Topliss-reactive ketones (excluding diaryl/α,β-unsaturated/α-hetero) is 1. The van der Waals surface area contributed by atoms with Crippen LogP contribution in [0.4, 0.5) is 13.2 Å². The predicted molar refractivity (Wildman–Crippen MR) is 138 cm³/mol. The Morgan fingerprint density at radius 1 is 0.917 bits per heavy atom. The normalized spacial score (nSPS) is 17.5. The number of ketones is 1. The van der Waals surface area contributed by atoms with Gasteiger partial charge in [0.2, 0.25) is 8.32 Å². The van der Waals surface area contributed by atoms with Gasteiger partial charge in [-0.25, -0.2) is 0 Å². The van der Waals surface area contributed by atoms with Gasteiger partial charge in [0.25, 0.3) is 0 Å². The first-order valence-corrected chi connectivity index (χ1v) is 14.7. The van der Waals surface area contributed by atoms with Gasteiger partial charge < -0.3 is 9.16 Å². The van der Waals surface area contributed by atoms with E-state index >= 15 is 0 Å². The van der Waals surface area contributed by atoms with Crippen molar-refractivity contribution in [2.75, 3.05) is 0 Å². The fourth-order valence-electron chi connectivity index (χ4n) is 3.73. The first-order chi connectivity index (χ1) is 16.8. The van der Waals surface area contributed by atoms with Crippen molar-refractivity contribution in [3.05, 3.63) is 101 Å². The van der Waals surface area contributed by atoms with Crippen LogP contribution in [0.3, 0.4) is 0 Å². The van der Waals surface area contributed by atoms with Crippen LogP contribution in [0.5, 0.6) is 11.5 Å². The predicted octanol–water partition coefficient (Wildman–Crippen LogP) is 8.49. The highest BCUT2D eigenvalue weighted by Gasteiger charge is 2.40. The van der Waals surface area contributed by atoms with E-state index in [1.165, 1.54) is 12.1 Å². The number of rotatable bonds is 4. The van der Waals surface area contributed by atoms with Crippen LogP contribution in [-0.4, -0.2) is 14.1 Å². The van der Waals surface area contributed by atoms with Gasteiger partial charge in [0, 0.05) is 5.57 Å². The summed E-state index contributed by atoms with van der Waals surface area (Å²) in [6.07, 6.45) is -3.52. The van der Waals surface area contributed by atoms with E-state index in [1.807, 2.05) is 36.4 Å². The number of benzene rings is 3. The molecule has 1 aliphatic rings. The zero-order chi connectivity index (χ0) is 26.3. The molecule has 36 heavy (non-hydrogen) atoms. The van der Waals surface area contributed by atoms with Gasteiger partial charge in [-0.1, -0.05) is 63.2 Å². The van der Waals surface area contributed by atoms with E-state index in [4.69, 9.17) is 9.16 Å². The third kappa shape index (κ3) is 5.26. The lowest BCUT2D eigenvalue weighted by Crippen LogP contribution is -2.43. The largest absolute Gasteiger partial charge is 0.543 e. The van der Waals surface area contributed by atoms with E-state index < -0.39 is 26.2 Å². The highest BCUT2D eigenvalue weighted by atomic mass is 28.4. The molecule has 0 bridgehead atoms. The van der Waals surface area contributed by atoms with Crippen LogP contribution >= 0.6 is 0 Å². The molecule has 1 heterocycles. The molecule has 1 unspecified atom stereocenters. The summed E-state index contributed by atoms with van der Waals surface area (Å²) in [7, 11) is -2.14. The summed E-state index contributed by atoms with van der Waals surface area (Å²) in [5.74, 6) is 0.802. The molecule has 7 heteroatoms. The fraction of sp³-hybridized carbons (Fsp3) is 0.276. The van der Waals surface area contributed by atoms with Gasteiger partial charge in [-0.3, -0.25) is 4.79 Å². The van der Waals surface area contributed by atoms with Gasteiger partial charge >= 0.3 is 6.18 Å². The van der Waals surface area contributed by atoms with E-state index in [1.54, 1.807) is 18.2 Å². The topological polar surface area (TPSA) is 35.5 Å². The third-order valence-electron chi connectivity index (χ3n) is 6.83. The molecule has 0 aromatic heterocycles. The Kier molecular flexibility index (Phi) is 6.64. The molecule has 4 rings (SSSR count). The summed E-state index contributed by atoms with van der Waals surface area (Å²) in [5, 5.41) is -0.0184. The number of hydrogen-bond acceptors (Lipinski definition) is 3. The van der Waals surface area contributed by atoms with E-state index in [9.17, 15) is 18.0 Å². The molecular formula is C29H29F3O3Si. The van der Waals surface area contributed by atoms with Crippen molar-refractivity contribution in [1.29, 1.82) is 0 Å². The molecule has 1 aliphatic heterocycles. The van der Waals surface area contributed by atoms with Crippen molar-refractivity contribution < 1.29 is 27.1 Å². The molecule has 0 radical (unpaired) electrons. The Labute approximate surface area is 210 Å². The number of hydrogen-bond donors (Lipinski definition) is 0. The Morgan fingerprint density at radius 3 is 2.14 bits per heavy atom. The van der Waals surface area contributed by atoms with E-state index in [0.29, 0.717) is 28.2 Å². The molecule has 0 aliphatic carbocycles. The number of halogens is 3. The quantitative estimate of drug-likeness (QED) is 0.261. The molecule has 0 saturated heterocycles. The maximum absolute atomic E-state index is 13.8. The maximum atomic E-state index is 13.8. The standard InChI is InChI=1S/C29H29F3O3Si/c1-28(2,3)36(4,5)35-22-15-16-25-23(18-22)26(33)24(27(34-25)20-9-7-6-8-10-20)17-19-11-13-21(14-12-19)29(30,31)32/h6-18,27H,1-5H3. The summed E-state index contributed by atoms with van der Waals surface area (Å²) in [6, 6.07) is 19.3. The molecular weight excluding hydrogens is 481 g/mol. The van der Waals surface area contributed by atoms with Crippen molar-refractivity contribution in [2.45, 2.75) is 51.2 Å². The van der Waals surface area contributed by atoms with Crippen LogP contribution in [0.1, 0.15) is 53.9 Å². The van der Waals surface area contributed by atoms with Gasteiger partial charge in [0.1, 0.15) is 11.5 Å². The Hall–Kier alpha value is -3.32. The summed E-state index contributed by atoms with van der Waals surface area (Å²) in [4.78, 5) is 13.8. The van der Waals surface area contributed by atoms with Gasteiger partial charge in [0.15, 0.2) is 11.9 Å². The third-order valence-corrected chi connectivity index (χ3v) is 11.2. The number of carbonyl (C=O) groups is 1. The molecule has 188 valence electrons. The highest BCUT2D eigenvalue weighted by Crippen LogP contribution is 2.43. The molecule has 0 amide bonds. The van der Waals surface area contributed by atoms with Crippen molar-refractivity contribution >= 4 is 20.2 Å². The maximum Gasteiger partial charge on any atom is 0.416 e. The van der Waals surface area contributed by atoms with Crippen LogP contribution in [0.2, 0.25) is 18.1 Å². The lowest BCUT2D eigenvalue weighted by atomic mass is 9.89. The second-order valence-corrected chi connectivity index (χ2v) is 15.2. The minimum Gasteiger partial charge on any atom is -0.543 e. The number of ether oxygens (including phenoxy) is 1. The lowest BCUT2D eigenvalue weighted by molar-refractivity contribution is -0.137. The molecule has 1 atom stereocenters. The Balaban J connectivity index is 1.76. The van der Waals surface area contributed by atoms with Crippen LogP contribution in [0.15, 0.2) is 78.4 Å². The molecule has 3 nitrogen and oxygen atoms in total. The van der Waals surface area contributed by atoms with Crippen molar-refractivity contribution in [3.8, 4) is 11.5 Å². The van der Waals surface area contributed by atoms with E-state index in [2.05, 4.69) is 33.9 Å². The number of carbonyl (C=O) groups excluding carboxylic acids is 1. The van der Waals surface area contributed by atoms with Crippen molar-refractivity contribution in [3.63, 3.8) is 0 Å². The fourth-order valence-corrected chi connectivity index (χ4v) is 4.75. The van der Waals surface area contributed by atoms with Gasteiger partial charge in [-0.15, -0.1) is 0 Å². The van der Waals surface area contributed by atoms with Gasteiger partial charge in [-0.2, -0.15) is 13.2 Å². The van der Waals surface area contributed by atoms with Crippen LogP contribution in [0.25, 0.3) is 6.08 Å². The summed E-state index contributed by atoms with van der Waals surface area (Å²) in [5.41, 5.74) is 1.23. The number of alkyl halides is 3. The summed E-state index contributed by atoms with van der Waals surface area (Å²) in [6.45, 7) is 10.7. The molecule has 0 fully saturated rings. The van der Waals surface area contributed by atoms with E-state index in [0.717, 1.165) is 17.7 Å². The minimum atomic E-state index is -4.43. The lowest BCUT2D eigenvalue weighted by Gasteiger charge is -2.37. The average Bonchev–Trinajstić information content (AvgIpc) is 2.80. The Morgan fingerprint density at radius 2 is 1.56 bits per heavy atom. The van der Waals surface area contributed by atoms with Crippen LogP contribution in [0, 0.1) is 0 Å². The van der Waals surface area contributed by atoms with E-state index in [-0.39, 0.29) is 10.8 Å². The van der Waals surface area contributed by atoms with Crippen LogP contribution < -0.4 is 9.16 Å².